The van der Waals surface area contributed by atoms with Gasteiger partial charge in [-0.15, -0.1) is 0 Å². The van der Waals surface area contributed by atoms with Gasteiger partial charge in [0.1, 0.15) is 59.3 Å². The lowest BCUT2D eigenvalue weighted by atomic mass is 9.74. The second-order valence-electron chi connectivity index (χ2n) is 18.0. The maximum absolute atomic E-state index is 7.17. The van der Waals surface area contributed by atoms with E-state index in [9.17, 15) is 0 Å². The van der Waals surface area contributed by atoms with Crippen LogP contribution in [0.2, 0.25) is 0 Å². The molecule has 4 aliphatic heterocycles. The molecule has 0 N–H and O–H groups in total. The van der Waals surface area contributed by atoms with Crippen molar-refractivity contribution in [1.82, 2.24) is 0 Å². The average Bonchev–Trinajstić information content (AvgIpc) is 3.27. The molecule has 0 saturated heterocycles. The van der Waals surface area contributed by atoms with E-state index < -0.39 is 5.60 Å². The lowest BCUT2D eigenvalue weighted by Crippen LogP contribution is -2.38. The zero-order chi connectivity index (χ0) is 44.5. The Morgan fingerprint density at radius 3 is 1.25 bits per heavy atom. The highest BCUT2D eigenvalue weighted by atomic mass is 79.9. The van der Waals surface area contributed by atoms with Gasteiger partial charge in [-0.05, 0) is 132 Å². The van der Waals surface area contributed by atoms with E-state index in [4.69, 9.17) is 37.9 Å². The Morgan fingerprint density at radius 2 is 0.797 bits per heavy atom. The first-order chi connectivity index (χ1) is 31.3. The van der Waals surface area contributed by atoms with Crippen molar-refractivity contribution in [2.24, 2.45) is 0 Å². The van der Waals surface area contributed by atoms with Crippen LogP contribution in [0.25, 0.3) is 0 Å². The Hall–Kier alpha value is -2.64. The normalized spacial score (nSPS) is 21.0. The summed E-state index contributed by atoms with van der Waals surface area (Å²) in [6, 6.07) is 11.8. The van der Waals surface area contributed by atoms with Gasteiger partial charge in [0.05, 0.1) is 4.47 Å². The van der Waals surface area contributed by atoms with Crippen LogP contribution in [0.4, 0.5) is 0 Å². The topological polar surface area (TPSA) is 73.8 Å². The van der Waals surface area contributed by atoms with Gasteiger partial charge < -0.3 is 37.9 Å². The van der Waals surface area contributed by atoms with Gasteiger partial charge in [-0.1, -0.05) is 98.3 Å². The summed E-state index contributed by atoms with van der Waals surface area (Å²) in [4.78, 5) is 0. The van der Waals surface area contributed by atoms with Gasteiger partial charge in [-0.2, -0.15) is 0 Å². The van der Waals surface area contributed by atoms with Crippen molar-refractivity contribution in [3.63, 3.8) is 0 Å². The maximum atomic E-state index is 7.17. The predicted octanol–water partition coefficient (Wildman–Crippen LogP) is 16.6. The van der Waals surface area contributed by atoms with Gasteiger partial charge in [0.2, 0.25) is 20.4 Å². The molecule has 8 bridgehead atoms. The number of rotatable bonds is 16. The summed E-state index contributed by atoms with van der Waals surface area (Å²) in [7, 11) is 0. The van der Waals surface area contributed by atoms with Crippen LogP contribution < -0.4 is 33.2 Å². The van der Waals surface area contributed by atoms with Gasteiger partial charge >= 0.3 is 0 Å². The Balaban J connectivity index is 1.44. The van der Waals surface area contributed by atoms with Crippen molar-refractivity contribution in [3.8, 4) is 40.2 Å². The van der Waals surface area contributed by atoms with Crippen LogP contribution in [-0.2, 0) is 10.3 Å². The monoisotopic (exact) mass is 1130 g/mol. The van der Waals surface area contributed by atoms with Crippen molar-refractivity contribution in [3.05, 3.63) is 92.7 Å². The fourth-order valence-corrected chi connectivity index (χ4v) is 13.5. The minimum absolute atomic E-state index is 0.00410. The molecule has 4 unspecified atom stereocenters. The molecular formula is C52H60Br4O8. The largest absolute Gasteiger partial charge is 0.466 e. The minimum atomic E-state index is -0.849. The fourth-order valence-electron chi connectivity index (χ4n) is 10.8. The molecule has 1 aliphatic carbocycles. The van der Waals surface area contributed by atoms with Crippen LogP contribution in [0.3, 0.4) is 0 Å². The van der Waals surface area contributed by atoms with Crippen LogP contribution in [-0.4, -0.2) is 27.2 Å². The van der Waals surface area contributed by atoms with Crippen molar-refractivity contribution in [2.45, 2.75) is 154 Å². The molecule has 0 spiro atoms. The summed E-state index contributed by atoms with van der Waals surface area (Å²) in [5.41, 5.74) is 7.93. The van der Waals surface area contributed by atoms with Crippen molar-refractivity contribution in [1.29, 1.82) is 0 Å². The number of ether oxygens (including phenoxy) is 8. The van der Waals surface area contributed by atoms with E-state index in [1.165, 1.54) is 0 Å². The first-order valence-electron chi connectivity index (χ1n) is 23.7. The third kappa shape index (κ3) is 8.38. The molecule has 0 fully saturated rings. The fraction of sp³-hybridized carbons (Fsp3) is 0.538. The molecule has 12 heteroatoms. The highest BCUT2D eigenvalue weighted by molar-refractivity contribution is 9.11. The van der Waals surface area contributed by atoms with E-state index in [-0.39, 0.29) is 44.9 Å². The predicted molar refractivity (Wildman–Crippen MR) is 264 cm³/mol. The zero-order valence-corrected chi connectivity index (χ0v) is 43.9. The molecule has 4 heterocycles. The highest BCUT2D eigenvalue weighted by Gasteiger charge is 2.46. The summed E-state index contributed by atoms with van der Waals surface area (Å²) < 4.78 is 57.2. The number of unbranched alkanes of at least 4 members (excludes halogenated alkanes) is 8. The summed E-state index contributed by atoms with van der Waals surface area (Å²) in [6.07, 6.45) is 16.3. The van der Waals surface area contributed by atoms with E-state index in [2.05, 4.69) is 122 Å². The Morgan fingerprint density at radius 1 is 0.422 bits per heavy atom. The zero-order valence-electron chi connectivity index (χ0n) is 37.5. The summed E-state index contributed by atoms with van der Waals surface area (Å²) >= 11 is 16.4. The van der Waals surface area contributed by atoms with Crippen molar-refractivity contribution in [2.75, 3.05) is 27.2 Å². The van der Waals surface area contributed by atoms with Crippen LogP contribution in [0, 0.1) is 0 Å². The average molecular weight is 1130 g/mol. The second-order valence-corrected chi connectivity index (χ2v) is 21.2. The molecule has 0 aromatic heterocycles. The first kappa shape index (κ1) is 46.5. The lowest BCUT2D eigenvalue weighted by molar-refractivity contribution is -0.115. The van der Waals surface area contributed by atoms with Crippen LogP contribution in [0.1, 0.15) is 193 Å². The molecule has 0 amide bonds. The van der Waals surface area contributed by atoms with Gasteiger partial charge in [-0.3, -0.25) is 0 Å². The first-order valence-corrected chi connectivity index (χ1v) is 26.9. The highest BCUT2D eigenvalue weighted by Crippen LogP contribution is 2.60. The number of benzene rings is 4. The van der Waals surface area contributed by atoms with E-state index in [0.717, 1.165) is 205 Å². The van der Waals surface area contributed by atoms with Crippen molar-refractivity contribution < 1.29 is 37.9 Å². The summed E-state index contributed by atoms with van der Waals surface area (Å²) in [5, 5.41) is 0. The molecule has 64 heavy (non-hydrogen) atoms. The molecular weight excluding hydrogens is 1070 g/mol. The molecule has 4 aromatic carbocycles. The summed E-state index contributed by atoms with van der Waals surface area (Å²) in [6.45, 7) is 9.18. The van der Waals surface area contributed by atoms with E-state index in [0.29, 0.717) is 0 Å². The second kappa shape index (κ2) is 20.3. The van der Waals surface area contributed by atoms with Crippen LogP contribution in [0.5, 0.6) is 40.2 Å². The smallest absolute Gasteiger partial charge is 0.231 e. The number of fused-ring (bicyclic) bond motifs is 2. The Labute approximate surface area is 412 Å². The van der Waals surface area contributed by atoms with Crippen LogP contribution >= 0.6 is 63.7 Å². The third-order valence-electron chi connectivity index (χ3n) is 14.0. The van der Waals surface area contributed by atoms with E-state index >= 15 is 0 Å². The molecule has 0 radical (unpaired) electrons. The molecule has 5 aliphatic rings. The Bertz CT molecular complexity index is 2370. The number of hydrogen-bond donors (Lipinski definition) is 0. The molecule has 4 atom stereocenters. The minimum Gasteiger partial charge on any atom is -0.466 e. The molecule has 0 saturated carbocycles. The molecule has 8 nitrogen and oxygen atoms in total. The van der Waals surface area contributed by atoms with Gasteiger partial charge in [-0.25, -0.2) is 0 Å². The van der Waals surface area contributed by atoms with E-state index in [1.807, 2.05) is 0 Å². The van der Waals surface area contributed by atoms with Gasteiger partial charge in [0.25, 0.3) is 0 Å². The van der Waals surface area contributed by atoms with Crippen LogP contribution in [0.15, 0.2) is 48.2 Å². The SMILES string of the molecule is CCCCCC1c2cc3cc(Br)c2OCOc2c1cc1c(c2Br)OCOc2c(cc4c(c2Br)OCOc2c(cc5c(c2Br)OCOC35CCCCC)C4CCCCC)C1CCCCC. The van der Waals surface area contributed by atoms with Crippen molar-refractivity contribution >= 4 is 63.7 Å². The number of halogens is 4. The molecule has 344 valence electrons. The standard InChI is InChI=1S/C52H60Br4O8/c1-5-9-13-17-31-34-21-30-22-41(53)45(34)57-26-58-46-35(31)23-36-32(18-14-10-6-2)37-24-38-33(19-15-11-7-3)39-25-40-51(63-29-64-52(30,40)20-16-12-8-4)44(56)50(39)62-28-61-49(38)43(55)48(37)60-27-59-47(36)42(46)54/h21-25,31-33H,5-20,26-29H2,1-4H3. The van der Waals surface area contributed by atoms with Gasteiger partial charge in [0, 0.05) is 56.7 Å². The number of hydrogen-bond acceptors (Lipinski definition) is 8. The molecule has 4 aromatic rings. The quantitative estimate of drug-likeness (QED) is 0.103. The van der Waals surface area contributed by atoms with E-state index in [1.54, 1.807) is 0 Å². The lowest BCUT2D eigenvalue weighted by Gasteiger charge is -2.42. The van der Waals surface area contributed by atoms with Gasteiger partial charge in [0.15, 0.2) is 6.79 Å². The third-order valence-corrected chi connectivity index (χ3v) is 16.8. The Kier molecular flexibility index (Phi) is 14.7. The molecule has 9 rings (SSSR count). The summed E-state index contributed by atoms with van der Waals surface area (Å²) in [5.74, 6) is 5.05. The maximum Gasteiger partial charge on any atom is 0.231 e.